The van der Waals surface area contributed by atoms with Crippen LogP contribution in [0.5, 0.6) is 0 Å². The average molecular weight is 751 g/mol. The normalized spacial score (nSPS) is 35.0. The van der Waals surface area contributed by atoms with E-state index >= 15 is 4.79 Å². The van der Waals surface area contributed by atoms with Gasteiger partial charge in [-0.1, -0.05) is 62.4 Å². The van der Waals surface area contributed by atoms with Crippen LogP contribution in [-0.2, 0) is 42.9 Å². The van der Waals surface area contributed by atoms with Crippen molar-refractivity contribution in [3.63, 3.8) is 0 Å². The molecule has 11 atom stereocenters. The van der Waals surface area contributed by atoms with Crippen molar-refractivity contribution < 1.29 is 68.1 Å². The van der Waals surface area contributed by atoms with Gasteiger partial charge in [-0.15, -0.1) is 0 Å². The maximum atomic E-state index is 15.3. The molecule has 3 aliphatic carbocycles. The fraction of sp³-hybridized carbons (Fsp3) is 0.525. The molecule has 0 unspecified atom stereocenters. The standard InChI is InChI=1S/C40H46O14/c1-20-25(52-36(48)30(45)29(44)23-13-9-7-10-14-23)18-40(49)34(53-35(47)24-15-11-8-12-16-24)32-38(6,26(43)17-27-39(32,19-50-27)54-22(3)42)33(46)31(51-21(2)41)28(20)37(40,4)5/h7-16,25-27,29-32,34,43-45,49H,17-19H2,1-6H3/t25-,26+,27-,29+,30+,31-,32-,34-,38-,39-,40+/m0/s1. The predicted molar refractivity (Wildman–Crippen MR) is 186 cm³/mol. The number of carbonyl (C=O) groups excluding carboxylic acids is 5. The first-order valence-electron chi connectivity index (χ1n) is 17.8. The molecule has 2 saturated carbocycles. The Morgan fingerprint density at radius 2 is 1.50 bits per heavy atom. The van der Waals surface area contributed by atoms with Gasteiger partial charge in [0.15, 0.2) is 23.6 Å². The first-order chi connectivity index (χ1) is 25.3. The number of esters is 4. The molecule has 2 aromatic carbocycles. The molecule has 4 N–H and O–H groups in total. The van der Waals surface area contributed by atoms with Gasteiger partial charge in [-0.2, -0.15) is 0 Å². The summed E-state index contributed by atoms with van der Waals surface area (Å²) in [5.74, 6) is -6.22. The number of aliphatic hydroxyl groups is 4. The number of Topliss-reactive ketones (excluding diaryl/α,β-unsaturated/α-hetero) is 1. The van der Waals surface area contributed by atoms with Crippen molar-refractivity contribution in [1.82, 2.24) is 0 Å². The summed E-state index contributed by atoms with van der Waals surface area (Å²) in [6.45, 7) is 7.96. The number of ether oxygens (including phenoxy) is 5. The van der Waals surface area contributed by atoms with Crippen LogP contribution in [0.2, 0.25) is 0 Å². The van der Waals surface area contributed by atoms with E-state index in [1.165, 1.54) is 38.1 Å². The van der Waals surface area contributed by atoms with E-state index in [9.17, 15) is 39.6 Å². The van der Waals surface area contributed by atoms with Gasteiger partial charge in [0, 0.05) is 32.1 Å². The quantitative estimate of drug-likeness (QED) is 0.173. The van der Waals surface area contributed by atoms with Crippen molar-refractivity contribution in [2.45, 2.75) is 108 Å². The van der Waals surface area contributed by atoms with Crippen LogP contribution in [0.4, 0.5) is 0 Å². The Balaban J connectivity index is 1.58. The van der Waals surface area contributed by atoms with Gasteiger partial charge in [0.2, 0.25) is 0 Å². The monoisotopic (exact) mass is 750 g/mol. The molecule has 1 heterocycles. The highest BCUT2D eigenvalue weighted by molar-refractivity contribution is 5.95. The lowest BCUT2D eigenvalue weighted by Crippen LogP contribution is -2.82. The Labute approximate surface area is 312 Å². The molecule has 54 heavy (non-hydrogen) atoms. The molecule has 6 rings (SSSR count). The summed E-state index contributed by atoms with van der Waals surface area (Å²) in [7, 11) is 0. The van der Waals surface area contributed by atoms with Crippen LogP contribution < -0.4 is 0 Å². The molecule has 2 aromatic rings. The highest BCUT2D eigenvalue weighted by atomic mass is 16.6. The molecule has 1 saturated heterocycles. The third kappa shape index (κ3) is 6.04. The predicted octanol–water partition coefficient (Wildman–Crippen LogP) is 2.30. The summed E-state index contributed by atoms with van der Waals surface area (Å²) >= 11 is 0. The average Bonchev–Trinajstić information content (AvgIpc) is 3.12. The Bertz CT molecular complexity index is 1860. The minimum absolute atomic E-state index is 0.00787. The van der Waals surface area contributed by atoms with Gasteiger partial charge in [0.05, 0.1) is 29.6 Å². The van der Waals surface area contributed by atoms with E-state index in [0.29, 0.717) is 0 Å². The molecule has 4 aliphatic rings. The summed E-state index contributed by atoms with van der Waals surface area (Å²) in [6, 6.07) is 15.8. The summed E-state index contributed by atoms with van der Waals surface area (Å²) < 4.78 is 29.8. The zero-order chi connectivity index (χ0) is 39.5. The number of hydrogen-bond acceptors (Lipinski definition) is 14. The van der Waals surface area contributed by atoms with Crippen LogP contribution in [0.1, 0.15) is 76.4 Å². The van der Waals surface area contributed by atoms with E-state index in [4.69, 9.17) is 23.7 Å². The number of rotatable bonds is 8. The third-order valence-corrected chi connectivity index (χ3v) is 12.1. The summed E-state index contributed by atoms with van der Waals surface area (Å²) in [5.41, 5.74) is -7.26. The van der Waals surface area contributed by atoms with E-state index in [1.807, 2.05) is 0 Å². The Morgan fingerprint density at radius 1 is 0.889 bits per heavy atom. The Morgan fingerprint density at radius 3 is 2.06 bits per heavy atom. The second-order valence-corrected chi connectivity index (χ2v) is 15.5. The van der Waals surface area contributed by atoms with Crippen molar-refractivity contribution in [3.8, 4) is 0 Å². The maximum Gasteiger partial charge on any atom is 0.338 e. The fourth-order valence-electron chi connectivity index (χ4n) is 9.19. The van der Waals surface area contributed by atoms with Crippen molar-refractivity contribution in [3.05, 3.63) is 82.9 Å². The van der Waals surface area contributed by atoms with E-state index in [1.54, 1.807) is 50.2 Å². The maximum absolute atomic E-state index is 15.3. The van der Waals surface area contributed by atoms with Crippen molar-refractivity contribution in [2.75, 3.05) is 6.61 Å². The van der Waals surface area contributed by atoms with E-state index in [0.717, 1.165) is 13.8 Å². The molecule has 0 amide bonds. The van der Waals surface area contributed by atoms with Gasteiger partial charge in [-0.3, -0.25) is 14.4 Å². The van der Waals surface area contributed by atoms with Gasteiger partial charge in [0.1, 0.15) is 30.0 Å². The number of ketones is 1. The molecular formula is C40H46O14. The number of fused-ring (bicyclic) bond motifs is 5. The molecular weight excluding hydrogens is 704 g/mol. The minimum Gasteiger partial charge on any atom is -0.456 e. The molecule has 0 radical (unpaired) electrons. The summed E-state index contributed by atoms with van der Waals surface area (Å²) in [5, 5.41) is 47.2. The zero-order valence-electron chi connectivity index (χ0n) is 30.9. The fourth-order valence-corrected chi connectivity index (χ4v) is 9.19. The molecule has 290 valence electrons. The van der Waals surface area contributed by atoms with E-state index in [-0.39, 0.29) is 35.3 Å². The lowest BCUT2D eigenvalue weighted by atomic mass is 9.44. The minimum atomic E-state index is -2.35. The zero-order valence-corrected chi connectivity index (χ0v) is 30.9. The molecule has 14 nitrogen and oxygen atoms in total. The lowest BCUT2D eigenvalue weighted by Gasteiger charge is -2.67. The van der Waals surface area contributed by atoms with Crippen molar-refractivity contribution in [1.29, 1.82) is 0 Å². The number of aliphatic hydroxyl groups excluding tert-OH is 3. The first-order valence-corrected chi connectivity index (χ1v) is 17.8. The van der Waals surface area contributed by atoms with Gasteiger partial charge in [-0.05, 0) is 42.7 Å². The van der Waals surface area contributed by atoms with Crippen LogP contribution in [0, 0.1) is 16.7 Å². The van der Waals surface area contributed by atoms with Gasteiger partial charge < -0.3 is 44.1 Å². The SMILES string of the molecule is CC(=O)O[C@@H]1C(=O)[C@@]2(C)[C@H](O)C[C@@H]3OC[C@@]3(OC(C)=O)[C@H]2[C@H](OC(=O)c2ccccc2)[C@]2(O)C[C@H](OC(=O)[C@H](O)[C@H](O)c3ccccc3)C(C)=C1C2(C)C. The summed E-state index contributed by atoms with van der Waals surface area (Å²) in [6.07, 6.45) is -12.1. The highest BCUT2D eigenvalue weighted by Gasteiger charge is 2.78. The first kappa shape index (κ1) is 39.2. The molecule has 1 aliphatic heterocycles. The third-order valence-electron chi connectivity index (χ3n) is 12.1. The van der Waals surface area contributed by atoms with Gasteiger partial charge in [0.25, 0.3) is 0 Å². The van der Waals surface area contributed by atoms with Gasteiger partial charge >= 0.3 is 23.9 Å². The van der Waals surface area contributed by atoms with Crippen molar-refractivity contribution in [2.24, 2.45) is 16.7 Å². The van der Waals surface area contributed by atoms with Crippen LogP contribution in [-0.4, -0.2) is 105 Å². The topological polar surface area (TPSA) is 212 Å². The second-order valence-electron chi connectivity index (χ2n) is 15.5. The van der Waals surface area contributed by atoms with Crippen molar-refractivity contribution >= 4 is 29.7 Å². The largest absolute Gasteiger partial charge is 0.456 e. The molecule has 2 bridgehead atoms. The van der Waals surface area contributed by atoms with Crippen LogP contribution >= 0.6 is 0 Å². The molecule has 3 fully saturated rings. The van der Waals surface area contributed by atoms with Crippen LogP contribution in [0.3, 0.4) is 0 Å². The highest BCUT2D eigenvalue weighted by Crippen LogP contribution is 2.64. The summed E-state index contributed by atoms with van der Waals surface area (Å²) in [4.78, 5) is 68.6. The van der Waals surface area contributed by atoms with Crippen LogP contribution in [0.15, 0.2) is 71.8 Å². The Hall–Kier alpha value is -4.47. The molecule has 14 heteroatoms. The van der Waals surface area contributed by atoms with Crippen LogP contribution in [0.25, 0.3) is 0 Å². The number of benzene rings is 2. The smallest absolute Gasteiger partial charge is 0.338 e. The van der Waals surface area contributed by atoms with Gasteiger partial charge in [-0.25, -0.2) is 9.59 Å². The Kier molecular flexibility index (Phi) is 10.2. The van der Waals surface area contributed by atoms with E-state index in [2.05, 4.69) is 0 Å². The number of carbonyl (C=O) groups is 5. The lowest BCUT2D eigenvalue weighted by molar-refractivity contribution is -0.346. The van der Waals surface area contributed by atoms with E-state index < -0.39 is 107 Å². The number of hydrogen-bond donors (Lipinski definition) is 4. The second kappa shape index (κ2) is 14.0. The molecule has 0 aromatic heterocycles. The molecule has 0 spiro atoms.